The van der Waals surface area contributed by atoms with Crippen LogP contribution in [0.2, 0.25) is 0 Å². The van der Waals surface area contributed by atoms with Gasteiger partial charge in [-0.05, 0) is 0 Å². The normalized spacial score (nSPS) is 7.60. The fraction of sp³-hybridized carbons (Fsp3) is 0.200. The molecule has 2 N–H and O–H groups in total. The summed E-state index contributed by atoms with van der Waals surface area (Å²) in [6.45, 7) is 3.01. The van der Waals surface area contributed by atoms with Crippen LogP contribution in [-0.4, -0.2) is 22.2 Å². The number of rotatable bonds is 3. The molecule has 4 nitrogen and oxygen atoms in total. The van der Waals surface area contributed by atoms with Crippen LogP contribution in [0.3, 0.4) is 0 Å². The summed E-state index contributed by atoms with van der Waals surface area (Å²) >= 11 is 0. The second kappa shape index (κ2) is 5.64. The van der Waals surface area contributed by atoms with Crippen LogP contribution < -0.4 is 0 Å². The van der Waals surface area contributed by atoms with Gasteiger partial charge in [-0.3, -0.25) is 4.79 Å². The summed E-state index contributed by atoms with van der Waals surface area (Å²) in [6, 6.07) is 0. The van der Waals surface area contributed by atoms with Gasteiger partial charge in [0.15, 0.2) is 0 Å². The zero-order chi connectivity index (χ0) is 7.44. The van der Waals surface area contributed by atoms with E-state index in [9.17, 15) is 9.59 Å². The van der Waals surface area contributed by atoms with Crippen molar-refractivity contribution in [2.75, 3.05) is 0 Å². The molecule has 0 aliphatic carbocycles. The Bertz CT molecular complexity index is 163. The summed E-state index contributed by atoms with van der Waals surface area (Å²) < 4.78 is 0. The minimum Gasteiger partial charge on any atom is -0.481 e. The van der Waals surface area contributed by atoms with Gasteiger partial charge in [0, 0.05) is 41.2 Å². The van der Waals surface area contributed by atoms with E-state index in [4.69, 9.17) is 10.2 Å². The second-order valence-corrected chi connectivity index (χ2v) is 1.48. The minimum absolute atomic E-state index is 0. The van der Waals surface area contributed by atoms with Crippen LogP contribution in [0.25, 0.3) is 0 Å². The predicted octanol–water partition coefficient (Wildman–Crippen LogP) is 0.102. The van der Waals surface area contributed by atoms with Crippen molar-refractivity contribution in [1.82, 2.24) is 0 Å². The van der Waals surface area contributed by atoms with Crippen LogP contribution in [0, 0.1) is 35.6 Å². The first-order valence-electron chi connectivity index (χ1n) is 2.17. The van der Waals surface area contributed by atoms with Gasteiger partial charge < -0.3 is 10.2 Å². The van der Waals surface area contributed by atoms with E-state index < -0.39 is 18.4 Å². The third-order valence-corrected chi connectivity index (χ3v) is 0.667. The molecular weight excluding hydrogens is 263 g/mol. The Labute approximate surface area is 85.5 Å². The van der Waals surface area contributed by atoms with Gasteiger partial charge in [-0.15, -0.1) is 0 Å². The molecule has 0 aliphatic rings. The minimum atomic E-state index is -1.27. The van der Waals surface area contributed by atoms with Crippen molar-refractivity contribution in [2.24, 2.45) is 0 Å². The smallest absolute Gasteiger partial charge is 0.331 e. The molecule has 0 saturated heterocycles. The van der Waals surface area contributed by atoms with E-state index in [-0.39, 0.29) is 41.2 Å². The fourth-order valence-electron chi connectivity index (χ4n) is 0.258. The standard InChI is InChI=1S/C5H6O4.La/c1-3(5(8)9)2-4(6)7;/h1-2H2,(H,6,7)(H,8,9);. The number of carbonyl (C=O) groups is 2. The first-order valence-corrected chi connectivity index (χ1v) is 2.17. The van der Waals surface area contributed by atoms with Crippen molar-refractivity contribution in [3.8, 4) is 0 Å². The molecule has 0 spiro atoms. The maximum Gasteiger partial charge on any atom is 0.331 e. The van der Waals surface area contributed by atoms with Crippen molar-refractivity contribution >= 4 is 11.9 Å². The zero-order valence-corrected chi connectivity index (χ0v) is 8.83. The van der Waals surface area contributed by atoms with Crippen LogP contribution in [0.4, 0.5) is 0 Å². The summed E-state index contributed by atoms with van der Waals surface area (Å²) in [6.07, 6.45) is -0.505. The van der Waals surface area contributed by atoms with Crippen LogP contribution >= 0.6 is 0 Å². The van der Waals surface area contributed by atoms with Gasteiger partial charge >= 0.3 is 11.9 Å². The Morgan fingerprint density at radius 3 is 1.80 bits per heavy atom. The van der Waals surface area contributed by atoms with E-state index in [0.717, 1.165) is 0 Å². The third kappa shape index (κ3) is 6.00. The molecule has 0 atom stereocenters. The van der Waals surface area contributed by atoms with Crippen LogP contribution in [0.15, 0.2) is 12.2 Å². The molecule has 0 aromatic heterocycles. The molecular formula is C5H6LaO4. The van der Waals surface area contributed by atoms with Crippen molar-refractivity contribution < 1.29 is 55.4 Å². The summed E-state index contributed by atoms with van der Waals surface area (Å²) in [5.41, 5.74) is -0.303. The maximum atomic E-state index is 9.87. The molecule has 1 radical (unpaired) electrons. The molecule has 53 valence electrons. The molecule has 0 aromatic rings. The molecule has 0 aromatic carbocycles. The van der Waals surface area contributed by atoms with Gasteiger partial charge in [0.2, 0.25) is 0 Å². The van der Waals surface area contributed by atoms with E-state index in [1.165, 1.54) is 0 Å². The average molecular weight is 269 g/mol. The van der Waals surface area contributed by atoms with Gasteiger partial charge in [-0.2, -0.15) is 0 Å². The summed E-state index contributed by atoms with van der Waals surface area (Å²) in [7, 11) is 0. The molecule has 10 heavy (non-hydrogen) atoms. The molecule has 0 unspecified atom stereocenters. The number of aliphatic carboxylic acids is 2. The largest absolute Gasteiger partial charge is 0.481 e. The molecule has 0 heterocycles. The van der Waals surface area contributed by atoms with Crippen molar-refractivity contribution in [1.29, 1.82) is 0 Å². The van der Waals surface area contributed by atoms with Gasteiger partial charge in [-0.1, -0.05) is 6.58 Å². The molecule has 0 rings (SSSR count). The Morgan fingerprint density at radius 1 is 1.30 bits per heavy atom. The predicted molar refractivity (Wildman–Crippen MR) is 29.0 cm³/mol. The Hall–Kier alpha value is -0.125. The molecule has 5 heteroatoms. The molecule has 0 fully saturated rings. The first kappa shape index (κ1) is 12.5. The number of hydrogen-bond acceptors (Lipinski definition) is 2. The Kier molecular flexibility index (Phi) is 7.08. The van der Waals surface area contributed by atoms with E-state index in [0.29, 0.717) is 0 Å². The number of carboxylic acids is 2. The van der Waals surface area contributed by atoms with E-state index in [1.54, 1.807) is 0 Å². The van der Waals surface area contributed by atoms with Gasteiger partial charge in [0.05, 0.1) is 6.42 Å². The topological polar surface area (TPSA) is 74.6 Å². The monoisotopic (exact) mass is 269 g/mol. The quantitative estimate of drug-likeness (QED) is 0.713. The maximum absolute atomic E-state index is 9.87. The Balaban J connectivity index is 0. The molecule has 0 amide bonds. The van der Waals surface area contributed by atoms with Crippen LogP contribution in [0.5, 0.6) is 0 Å². The SMILES string of the molecule is C=C(CC(=O)O)C(=O)O.[La]. The molecule has 0 aliphatic heterocycles. The van der Waals surface area contributed by atoms with Crippen molar-refractivity contribution in [2.45, 2.75) is 6.42 Å². The van der Waals surface area contributed by atoms with Crippen LogP contribution in [0.1, 0.15) is 6.42 Å². The van der Waals surface area contributed by atoms with Crippen molar-refractivity contribution in [3.05, 3.63) is 12.2 Å². The summed E-state index contributed by atoms with van der Waals surface area (Å²) in [5, 5.41) is 16.1. The number of carboxylic acid groups (broad SMARTS) is 2. The van der Waals surface area contributed by atoms with Gasteiger partial charge in [0.1, 0.15) is 0 Å². The van der Waals surface area contributed by atoms with Crippen molar-refractivity contribution in [3.63, 3.8) is 0 Å². The van der Waals surface area contributed by atoms with Crippen LogP contribution in [-0.2, 0) is 9.59 Å². The zero-order valence-electron chi connectivity index (χ0n) is 5.20. The molecule has 0 saturated carbocycles. The second-order valence-electron chi connectivity index (χ2n) is 1.48. The first-order chi connectivity index (χ1) is 4.04. The Morgan fingerprint density at radius 2 is 1.70 bits per heavy atom. The molecule has 0 bridgehead atoms. The van der Waals surface area contributed by atoms with Gasteiger partial charge in [-0.25, -0.2) is 4.79 Å². The van der Waals surface area contributed by atoms with E-state index >= 15 is 0 Å². The average Bonchev–Trinajstić information content (AvgIpc) is 1.63. The number of hydrogen-bond donors (Lipinski definition) is 2. The van der Waals surface area contributed by atoms with Gasteiger partial charge in [0.25, 0.3) is 0 Å². The van der Waals surface area contributed by atoms with E-state index in [2.05, 4.69) is 6.58 Å². The van der Waals surface area contributed by atoms with E-state index in [1.807, 2.05) is 0 Å². The summed E-state index contributed by atoms with van der Waals surface area (Å²) in [5.74, 6) is -2.44. The fourth-order valence-corrected chi connectivity index (χ4v) is 0.258. The summed E-state index contributed by atoms with van der Waals surface area (Å²) in [4.78, 5) is 19.7. The third-order valence-electron chi connectivity index (χ3n) is 0.667.